The molecule has 1 atom stereocenters. The molecule has 0 saturated heterocycles. The van der Waals surface area contributed by atoms with Crippen LogP contribution in [0.2, 0.25) is 5.02 Å². The molecule has 2 aromatic rings. The van der Waals surface area contributed by atoms with E-state index in [1.807, 2.05) is 28.8 Å². The van der Waals surface area contributed by atoms with Crippen LogP contribution in [0.15, 0.2) is 46.5 Å². The lowest BCUT2D eigenvalue weighted by atomic mass is 10.2. The number of benzene rings is 1. The molecule has 2 rings (SSSR count). The second-order valence-electron chi connectivity index (χ2n) is 4.83. The van der Waals surface area contributed by atoms with Gasteiger partial charge in [-0.1, -0.05) is 41.6 Å². The smallest absolute Gasteiger partial charge is 0.273 e. The van der Waals surface area contributed by atoms with Crippen LogP contribution in [0.4, 0.5) is 0 Å². The summed E-state index contributed by atoms with van der Waals surface area (Å²) in [6, 6.07) is 9.50. The number of hydrogen-bond acceptors (Lipinski definition) is 3. The number of nitrogens with zero attached hydrogens (tertiary/aromatic N) is 2. The predicted octanol–water partition coefficient (Wildman–Crippen LogP) is 4.33. The van der Waals surface area contributed by atoms with Crippen molar-refractivity contribution in [1.82, 2.24) is 9.55 Å². The van der Waals surface area contributed by atoms with Crippen molar-refractivity contribution >= 4 is 23.4 Å². The summed E-state index contributed by atoms with van der Waals surface area (Å²) in [7, 11) is 0. The highest BCUT2D eigenvalue weighted by atomic mass is 35.5. The molecule has 5 heteroatoms. The zero-order valence-electron chi connectivity index (χ0n) is 11.7. The van der Waals surface area contributed by atoms with E-state index in [1.165, 1.54) is 6.07 Å². The summed E-state index contributed by atoms with van der Waals surface area (Å²) in [5.74, 6) is 0. The van der Waals surface area contributed by atoms with Gasteiger partial charge in [-0.25, -0.2) is 0 Å². The van der Waals surface area contributed by atoms with Gasteiger partial charge in [-0.05, 0) is 32.4 Å². The average molecular weight is 309 g/mol. The second kappa shape index (κ2) is 6.46. The van der Waals surface area contributed by atoms with Crippen molar-refractivity contribution in [2.24, 2.45) is 0 Å². The number of aromatic nitrogens is 2. The molecule has 0 radical (unpaired) electrons. The van der Waals surface area contributed by atoms with Crippen molar-refractivity contribution in [1.29, 1.82) is 0 Å². The highest BCUT2D eigenvalue weighted by Crippen LogP contribution is 2.37. The molecule has 0 saturated carbocycles. The maximum absolute atomic E-state index is 11.5. The van der Waals surface area contributed by atoms with Crippen molar-refractivity contribution in [3.63, 3.8) is 0 Å². The van der Waals surface area contributed by atoms with Crippen molar-refractivity contribution in [3.8, 4) is 0 Å². The van der Waals surface area contributed by atoms with E-state index < -0.39 is 0 Å². The van der Waals surface area contributed by atoms with Crippen molar-refractivity contribution < 1.29 is 0 Å². The van der Waals surface area contributed by atoms with Crippen LogP contribution in [0.25, 0.3) is 0 Å². The van der Waals surface area contributed by atoms with E-state index in [0.29, 0.717) is 0 Å². The van der Waals surface area contributed by atoms with Gasteiger partial charge in [0.2, 0.25) is 0 Å². The summed E-state index contributed by atoms with van der Waals surface area (Å²) in [6.07, 6.45) is 1.79. The third kappa shape index (κ3) is 3.44. The lowest BCUT2D eigenvalue weighted by molar-refractivity contribution is 0.525. The fourth-order valence-corrected chi connectivity index (χ4v) is 3.45. The molecule has 0 aliphatic rings. The van der Waals surface area contributed by atoms with E-state index in [0.717, 1.165) is 15.7 Å². The van der Waals surface area contributed by atoms with Crippen LogP contribution < -0.4 is 5.56 Å². The van der Waals surface area contributed by atoms with Gasteiger partial charge < -0.3 is 4.57 Å². The molecule has 0 fully saturated rings. The molecule has 1 aromatic heterocycles. The van der Waals surface area contributed by atoms with E-state index in [4.69, 9.17) is 11.6 Å². The maximum Gasteiger partial charge on any atom is 0.273 e. The molecule has 0 spiro atoms. The van der Waals surface area contributed by atoms with Gasteiger partial charge in [0, 0.05) is 28.6 Å². The fourth-order valence-electron chi connectivity index (χ4n) is 1.90. The largest absolute Gasteiger partial charge is 0.325 e. The monoisotopic (exact) mass is 308 g/mol. The Morgan fingerprint density at radius 1 is 1.20 bits per heavy atom. The molecular formula is C15H17ClN2OS. The minimum absolute atomic E-state index is 0.128. The van der Waals surface area contributed by atoms with E-state index in [1.54, 1.807) is 18.0 Å². The Morgan fingerprint density at radius 2 is 1.90 bits per heavy atom. The SMILES string of the molecule is CC(C)n1ccc(=O)nc1S[C@H](C)c1ccccc1Cl. The zero-order chi connectivity index (χ0) is 14.7. The number of thioether (sulfide) groups is 1. The van der Waals surface area contributed by atoms with Crippen molar-refractivity contribution in [2.45, 2.75) is 37.2 Å². The molecule has 0 N–H and O–H groups in total. The van der Waals surface area contributed by atoms with Crippen molar-refractivity contribution in [2.75, 3.05) is 0 Å². The lowest BCUT2D eigenvalue weighted by Gasteiger charge is -2.18. The van der Waals surface area contributed by atoms with Gasteiger partial charge in [-0.2, -0.15) is 4.98 Å². The summed E-state index contributed by atoms with van der Waals surface area (Å²) in [4.78, 5) is 15.6. The number of halogens is 1. The molecule has 0 unspecified atom stereocenters. The zero-order valence-corrected chi connectivity index (χ0v) is 13.3. The summed E-state index contributed by atoms with van der Waals surface area (Å²) in [5.41, 5.74) is 0.836. The number of rotatable bonds is 4. The summed E-state index contributed by atoms with van der Waals surface area (Å²) >= 11 is 7.76. The van der Waals surface area contributed by atoms with Crippen LogP contribution in [0, 0.1) is 0 Å². The standard InChI is InChI=1S/C15H17ClN2OS/c1-10(2)18-9-8-14(19)17-15(18)20-11(3)12-6-4-5-7-13(12)16/h4-11H,1-3H3/t11-/m1/s1. The molecule has 106 valence electrons. The molecular weight excluding hydrogens is 292 g/mol. The first kappa shape index (κ1) is 15.1. The molecule has 0 amide bonds. The molecule has 3 nitrogen and oxygen atoms in total. The quantitative estimate of drug-likeness (QED) is 0.623. The van der Waals surface area contributed by atoms with Crippen LogP contribution in [0.5, 0.6) is 0 Å². The van der Waals surface area contributed by atoms with E-state index in [9.17, 15) is 4.79 Å². The van der Waals surface area contributed by atoms with Crippen LogP contribution in [0.3, 0.4) is 0 Å². The topological polar surface area (TPSA) is 34.9 Å². The van der Waals surface area contributed by atoms with E-state index in [2.05, 4.69) is 25.8 Å². The number of hydrogen-bond donors (Lipinski definition) is 0. The summed E-state index contributed by atoms with van der Waals surface area (Å²) in [5, 5.41) is 1.59. The maximum atomic E-state index is 11.5. The summed E-state index contributed by atoms with van der Waals surface area (Å²) < 4.78 is 2.00. The first-order valence-electron chi connectivity index (χ1n) is 6.49. The third-order valence-corrected chi connectivity index (χ3v) is 4.45. The Morgan fingerprint density at radius 3 is 2.55 bits per heavy atom. The normalized spacial score (nSPS) is 12.7. The Kier molecular flexibility index (Phi) is 4.89. The second-order valence-corrected chi connectivity index (χ2v) is 6.55. The average Bonchev–Trinajstić information content (AvgIpc) is 2.38. The van der Waals surface area contributed by atoms with Crippen LogP contribution >= 0.6 is 23.4 Å². The first-order valence-corrected chi connectivity index (χ1v) is 7.75. The Labute approximate surface area is 128 Å². The Hall–Kier alpha value is -1.26. The summed E-state index contributed by atoms with van der Waals surface area (Å²) in [6.45, 7) is 6.20. The fraction of sp³-hybridized carbons (Fsp3) is 0.333. The van der Waals surface area contributed by atoms with Gasteiger partial charge >= 0.3 is 0 Å². The van der Waals surface area contributed by atoms with Crippen molar-refractivity contribution in [3.05, 3.63) is 57.5 Å². The van der Waals surface area contributed by atoms with E-state index in [-0.39, 0.29) is 16.9 Å². The van der Waals surface area contributed by atoms with Gasteiger partial charge in [0.1, 0.15) is 0 Å². The lowest BCUT2D eigenvalue weighted by Crippen LogP contribution is -2.15. The minimum atomic E-state index is -0.212. The van der Waals surface area contributed by atoms with Gasteiger partial charge in [0.05, 0.1) is 0 Å². The van der Waals surface area contributed by atoms with Gasteiger partial charge in [0.25, 0.3) is 5.56 Å². The first-order chi connectivity index (χ1) is 9.49. The molecule has 1 heterocycles. The molecule has 20 heavy (non-hydrogen) atoms. The molecule has 0 aliphatic carbocycles. The minimum Gasteiger partial charge on any atom is -0.325 e. The highest BCUT2D eigenvalue weighted by Gasteiger charge is 2.15. The van der Waals surface area contributed by atoms with Crippen LogP contribution in [-0.4, -0.2) is 9.55 Å². The van der Waals surface area contributed by atoms with Gasteiger partial charge in [0.15, 0.2) is 5.16 Å². The highest BCUT2D eigenvalue weighted by molar-refractivity contribution is 7.99. The third-order valence-electron chi connectivity index (χ3n) is 2.99. The van der Waals surface area contributed by atoms with Gasteiger partial charge in [-0.15, -0.1) is 0 Å². The van der Waals surface area contributed by atoms with Gasteiger partial charge in [-0.3, -0.25) is 4.79 Å². The Balaban J connectivity index is 2.32. The Bertz CT molecular complexity index is 654. The molecule has 1 aromatic carbocycles. The molecule has 0 bridgehead atoms. The van der Waals surface area contributed by atoms with E-state index >= 15 is 0 Å². The van der Waals surface area contributed by atoms with Crippen LogP contribution in [0.1, 0.15) is 37.6 Å². The molecule has 0 aliphatic heterocycles. The van der Waals surface area contributed by atoms with Crippen LogP contribution in [-0.2, 0) is 0 Å². The predicted molar refractivity (Wildman–Crippen MR) is 84.6 cm³/mol.